The molecule has 2 aromatic carbocycles. The fraction of sp³-hybridized carbons (Fsp3) is 0.150. The molecule has 8 nitrogen and oxygen atoms in total. The fourth-order valence-electron chi connectivity index (χ4n) is 2.97. The van der Waals surface area contributed by atoms with Crippen molar-refractivity contribution in [3.8, 4) is 0 Å². The average molecular weight is 444 g/mol. The van der Waals surface area contributed by atoms with Crippen molar-refractivity contribution in [2.45, 2.75) is 18.0 Å². The Hall–Kier alpha value is -3.44. The van der Waals surface area contributed by atoms with Gasteiger partial charge in [-0.1, -0.05) is 12.1 Å². The number of aromatic nitrogens is 4. The number of sulfonamides is 1. The Bertz CT molecular complexity index is 1290. The Morgan fingerprint density at radius 3 is 2.32 bits per heavy atom. The summed E-state index contributed by atoms with van der Waals surface area (Å²) in [6, 6.07) is 10.7. The molecule has 4 aromatic rings. The summed E-state index contributed by atoms with van der Waals surface area (Å²) in [5.74, 6) is -0.248. The van der Waals surface area contributed by atoms with E-state index in [1.807, 2.05) is 0 Å². The van der Waals surface area contributed by atoms with Gasteiger partial charge in [0, 0.05) is 13.1 Å². The Balaban J connectivity index is 1.42. The second kappa shape index (κ2) is 8.74. The third-order valence-electron chi connectivity index (χ3n) is 4.55. The maximum Gasteiger partial charge on any atom is 0.240 e. The first-order chi connectivity index (χ1) is 14.9. The van der Waals surface area contributed by atoms with E-state index in [4.69, 9.17) is 0 Å². The van der Waals surface area contributed by atoms with Crippen molar-refractivity contribution in [3.05, 3.63) is 78.3 Å². The SMILES string of the molecule is O=S(=O)(NCCn1ncc2c(NCc3ccc(F)cc3)ncnc21)c1ccc(F)cc1. The van der Waals surface area contributed by atoms with Gasteiger partial charge in [-0.2, -0.15) is 5.10 Å². The highest BCUT2D eigenvalue weighted by atomic mass is 32.2. The van der Waals surface area contributed by atoms with Crippen molar-refractivity contribution in [3.63, 3.8) is 0 Å². The molecular weight excluding hydrogens is 426 g/mol. The monoisotopic (exact) mass is 444 g/mol. The van der Waals surface area contributed by atoms with Crippen LogP contribution in [0.3, 0.4) is 0 Å². The van der Waals surface area contributed by atoms with Crippen LogP contribution >= 0.6 is 0 Å². The molecule has 0 aliphatic rings. The molecule has 0 fully saturated rings. The number of benzene rings is 2. The standard InChI is InChI=1S/C20H18F2N6O2S/c21-15-3-1-14(2-4-15)11-23-19-18-12-26-28(20(18)25-13-24-19)10-9-27-31(29,30)17-7-5-16(22)6-8-17/h1-8,12-13,27H,9-11H2,(H,23,24,25). The minimum atomic E-state index is -3.76. The molecule has 0 atom stereocenters. The van der Waals surface area contributed by atoms with Crippen molar-refractivity contribution in [2.24, 2.45) is 0 Å². The van der Waals surface area contributed by atoms with Crippen LogP contribution in [0.4, 0.5) is 14.6 Å². The molecule has 2 aromatic heterocycles. The normalized spacial score (nSPS) is 11.7. The van der Waals surface area contributed by atoms with Gasteiger partial charge in [0.1, 0.15) is 23.8 Å². The largest absolute Gasteiger partial charge is 0.365 e. The number of nitrogens with one attached hydrogen (secondary N) is 2. The maximum absolute atomic E-state index is 13.0. The highest BCUT2D eigenvalue weighted by Gasteiger charge is 2.15. The summed E-state index contributed by atoms with van der Waals surface area (Å²) in [6.07, 6.45) is 2.98. The molecule has 0 radical (unpaired) electrons. The molecule has 0 saturated carbocycles. The van der Waals surface area contributed by atoms with Crippen molar-refractivity contribution < 1.29 is 17.2 Å². The van der Waals surface area contributed by atoms with Gasteiger partial charge in [-0.25, -0.2) is 36.6 Å². The number of halogens is 2. The Labute approximate surface area is 177 Å². The van der Waals surface area contributed by atoms with Gasteiger partial charge in [0.25, 0.3) is 0 Å². The van der Waals surface area contributed by atoms with Crippen molar-refractivity contribution >= 4 is 26.9 Å². The van der Waals surface area contributed by atoms with Gasteiger partial charge in [-0.3, -0.25) is 0 Å². The lowest BCUT2D eigenvalue weighted by molar-refractivity contribution is 0.564. The van der Waals surface area contributed by atoms with Crippen LogP contribution in [-0.4, -0.2) is 34.7 Å². The van der Waals surface area contributed by atoms with E-state index in [1.165, 1.54) is 30.6 Å². The molecule has 0 amide bonds. The lowest BCUT2D eigenvalue weighted by Crippen LogP contribution is -2.27. The van der Waals surface area contributed by atoms with Crippen LogP contribution in [0.25, 0.3) is 11.0 Å². The summed E-state index contributed by atoms with van der Waals surface area (Å²) < 4.78 is 54.7. The first-order valence-electron chi connectivity index (χ1n) is 9.32. The van der Waals surface area contributed by atoms with Gasteiger partial charge < -0.3 is 5.32 Å². The topological polar surface area (TPSA) is 102 Å². The third-order valence-corrected chi connectivity index (χ3v) is 6.02. The molecule has 11 heteroatoms. The predicted molar refractivity (Wildman–Crippen MR) is 111 cm³/mol. The quantitative estimate of drug-likeness (QED) is 0.433. The maximum atomic E-state index is 13.0. The van der Waals surface area contributed by atoms with E-state index in [9.17, 15) is 17.2 Å². The van der Waals surface area contributed by atoms with Gasteiger partial charge >= 0.3 is 0 Å². The van der Waals surface area contributed by atoms with Crippen molar-refractivity contribution in [1.29, 1.82) is 0 Å². The minimum Gasteiger partial charge on any atom is -0.365 e. The zero-order valence-corrected chi connectivity index (χ0v) is 17.0. The highest BCUT2D eigenvalue weighted by Crippen LogP contribution is 2.19. The van der Waals surface area contributed by atoms with E-state index in [0.717, 1.165) is 17.7 Å². The van der Waals surface area contributed by atoms with Gasteiger partial charge in [0.05, 0.1) is 23.0 Å². The van der Waals surface area contributed by atoms with Crippen LogP contribution in [0.15, 0.2) is 66.0 Å². The lowest BCUT2D eigenvalue weighted by atomic mass is 10.2. The summed E-state index contributed by atoms with van der Waals surface area (Å²) >= 11 is 0. The van der Waals surface area contributed by atoms with E-state index in [2.05, 4.69) is 25.1 Å². The molecular formula is C20H18F2N6O2S. The second-order valence-electron chi connectivity index (χ2n) is 6.66. The Morgan fingerprint density at radius 1 is 0.935 bits per heavy atom. The number of fused-ring (bicyclic) bond motifs is 1. The van der Waals surface area contributed by atoms with Gasteiger partial charge in [0.15, 0.2) is 5.65 Å². The van der Waals surface area contributed by atoms with E-state index < -0.39 is 15.8 Å². The van der Waals surface area contributed by atoms with E-state index in [1.54, 1.807) is 23.0 Å². The minimum absolute atomic E-state index is 0.0196. The second-order valence-corrected chi connectivity index (χ2v) is 8.43. The van der Waals surface area contributed by atoms with E-state index >= 15 is 0 Å². The summed E-state index contributed by atoms with van der Waals surface area (Å²) in [4.78, 5) is 8.44. The summed E-state index contributed by atoms with van der Waals surface area (Å²) in [5.41, 5.74) is 1.42. The molecule has 0 spiro atoms. The molecule has 160 valence electrons. The molecule has 31 heavy (non-hydrogen) atoms. The number of hydrogen-bond donors (Lipinski definition) is 2. The molecule has 2 heterocycles. The predicted octanol–water partition coefficient (Wildman–Crippen LogP) is 2.70. The third kappa shape index (κ3) is 4.84. The number of nitrogens with zero attached hydrogens (tertiary/aromatic N) is 4. The molecule has 0 aliphatic carbocycles. The van der Waals surface area contributed by atoms with Crippen LogP contribution in [0.2, 0.25) is 0 Å². The van der Waals surface area contributed by atoms with E-state index in [-0.39, 0.29) is 23.8 Å². The van der Waals surface area contributed by atoms with Gasteiger partial charge in [-0.15, -0.1) is 0 Å². The smallest absolute Gasteiger partial charge is 0.240 e. The number of hydrogen-bond acceptors (Lipinski definition) is 6. The number of rotatable bonds is 8. The van der Waals surface area contributed by atoms with Gasteiger partial charge in [0.2, 0.25) is 10.0 Å². The molecule has 2 N–H and O–H groups in total. The van der Waals surface area contributed by atoms with Crippen LogP contribution in [-0.2, 0) is 23.1 Å². The highest BCUT2D eigenvalue weighted by molar-refractivity contribution is 7.89. The molecule has 0 saturated heterocycles. The average Bonchev–Trinajstić information content (AvgIpc) is 3.17. The number of anilines is 1. The molecule has 0 aliphatic heterocycles. The molecule has 4 rings (SSSR count). The van der Waals surface area contributed by atoms with Crippen LogP contribution in [0.5, 0.6) is 0 Å². The van der Waals surface area contributed by atoms with Crippen LogP contribution in [0.1, 0.15) is 5.56 Å². The van der Waals surface area contributed by atoms with Crippen molar-refractivity contribution in [2.75, 3.05) is 11.9 Å². The summed E-state index contributed by atoms with van der Waals surface area (Å²) in [5, 5.41) is 8.11. The Morgan fingerprint density at radius 2 is 1.61 bits per heavy atom. The first-order valence-corrected chi connectivity index (χ1v) is 10.8. The van der Waals surface area contributed by atoms with Gasteiger partial charge in [-0.05, 0) is 42.0 Å². The molecule has 0 unspecified atom stereocenters. The molecule has 0 bridgehead atoms. The summed E-state index contributed by atoms with van der Waals surface area (Å²) in [7, 11) is -3.76. The summed E-state index contributed by atoms with van der Waals surface area (Å²) in [6.45, 7) is 0.742. The van der Waals surface area contributed by atoms with Crippen LogP contribution in [0, 0.1) is 11.6 Å². The zero-order valence-electron chi connectivity index (χ0n) is 16.2. The fourth-order valence-corrected chi connectivity index (χ4v) is 3.99. The zero-order chi connectivity index (χ0) is 21.8. The first kappa shape index (κ1) is 20.8. The van der Waals surface area contributed by atoms with Crippen molar-refractivity contribution in [1.82, 2.24) is 24.5 Å². The van der Waals surface area contributed by atoms with E-state index in [0.29, 0.717) is 23.4 Å². The lowest BCUT2D eigenvalue weighted by Gasteiger charge is -2.08. The Kier molecular flexibility index (Phi) is 5.87. The van der Waals surface area contributed by atoms with Crippen LogP contribution < -0.4 is 10.0 Å².